The molecular weight excluding hydrogens is 282 g/mol. The van der Waals surface area contributed by atoms with E-state index >= 15 is 0 Å². The molecule has 0 atom stereocenters. The molecule has 2 heterocycles. The number of anilines is 1. The summed E-state index contributed by atoms with van der Waals surface area (Å²) < 4.78 is 0. The van der Waals surface area contributed by atoms with Crippen LogP contribution in [-0.2, 0) is 0 Å². The molecule has 2 aromatic heterocycles. The summed E-state index contributed by atoms with van der Waals surface area (Å²) in [6, 6.07) is 2.17. The van der Waals surface area contributed by atoms with E-state index in [4.69, 9.17) is 16.7 Å². The highest BCUT2D eigenvalue weighted by Gasteiger charge is 2.34. The second-order valence-electron chi connectivity index (χ2n) is 4.94. The van der Waals surface area contributed by atoms with Crippen molar-refractivity contribution in [2.75, 3.05) is 11.9 Å². The SMILES string of the molecule is CN(c1nc(Cl)nc2[nH]ccc12)C1CC(NC(=O)O)C1. The van der Waals surface area contributed by atoms with E-state index in [1.807, 2.05) is 18.0 Å². The van der Waals surface area contributed by atoms with E-state index in [0.29, 0.717) is 5.65 Å². The lowest BCUT2D eigenvalue weighted by Gasteiger charge is -2.41. The molecule has 2 aromatic rings. The zero-order chi connectivity index (χ0) is 14.3. The molecule has 1 saturated carbocycles. The predicted octanol–water partition coefficient (Wildman–Crippen LogP) is 1.85. The van der Waals surface area contributed by atoms with Gasteiger partial charge in [-0.3, -0.25) is 0 Å². The van der Waals surface area contributed by atoms with Gasteiger partial charge in [0.2, 0.25) is 5.28 Å². The zero-order valence-corrected chi connectivity index (χ0v) is 11.6. The quantitative estimate of drug-likeness (QED) is 0.751. The van der Waals surface area contributed by atoms with Crippen LogP contribution in [0.3, 0.4) is 0 Å². The molecule has 0 saturated heterocycles. The number of aromatic nitrogens is 3. The number of aromatic amines is 1. The number of carboxylic acid groups (broad SMARTS) is 1. The third-order valence-corrected chi connectivity index (χ3v) is 3.86. The van der Waals surface area contributed by atoms with Crippen LogP contribution in [0.2, 0.25) is 5.28 Å². The Hall–Kier alpha value is -2.02. The van der Waals surface area contributed by atoms with Gasteiger partial charge in [-0.05, 0) is 30.5 Å². The van der Waals surface area contributed by atoms with Crippen molar-refractivity contribution >= 4 is 34.5 Å². The Morgan fingerprint density at radius 3 is 3.00 bits per heavy atom. The Morgan fingerprint density at radius 1 is 1.55 bits per heavy atom. The van der Waals surface area contributed by atoms with E-state index < -0.39 is 6.09 Å². The number of hydrogen-bond donors (Lipinski definition) is 3. The molecular formula is C12H14ClN5O2. The molecule has 106 valence electrons. The lowest BCUT2D eigenvalue weighted by molar-refractivity contribution is 0.177. The van der Waals surface area contributed by atoms with Crippen LogP contribution in [0.5, 0.6) is 0 Å². The monoisotopic (exact) mass is 295 g/mol. The Balaban J connectivity index is 1.78. The maximum absolute atomic E-state index is 10.6. The average Bonchev–Trinajstić information content (AvgIpc) is 2.79. The molecule has 1 fully saturated rings. The van der Waals surface area contributed by atoms with Gasteiger partial charge in [-0.1, -0.05) is 0 Å². The molecule has 0 aromatic carbocycles. The van der Waals surface area contributed by atoms with Gasteiger partial charge in [0.1, 0.15) is 11.5 Å². The van der Waals surface area contributed by atoms with Crippen LogP contribution < -0.4 is 10.2 Å². The van der Waals surface area contributed by atoms with E-state index in [2.05, 4.69) is 20.3 Å². The topological polar surface area (TPSA) is 94.1 Å². The van der Waals surface area contributed by atoms with E-state index in [1.165, 1.54) is 0 Å². The molecule has 1 aliphatic carbocycles. The molecule has 0 bridgehead atoms. The van der Waals surface area contributed by atoms with Crippen molar-refractivity contribution in [3.05, 3.63) is 17.5 Å². The van der Waals surface area contributed by atoms with Crippen LogP contribution in [0.15, 0.2) is 12.3 Å². The van der Waals surface area contributed by atoms with Crippen molar-refractivity contribution in [1.29, 1.82) is 0 Å². The van der Waals surface area contributed by atoms with Crippen molar-refractivity contribution in [2.24, 2.45) is 0 Å². The number of amides is 1. The van der Waals surface area contributed by atoms with Crippen LogP contribution in [-0.4, -0.2) is 45.3 Å². The first-order valence-corrected chi connectivity index (χ1v) is 6.65. The Bertz CT molecular complexity index is 652. The van der Waals surface area contributed by atoms with Crippen molar-refractivity contribution in [3.8, 4) is 0 Å². The summed E-state index contributed by atoms with van der Waals surface area (Å²) in [6.07, 6.45) is 2.34. The lowest BCUT2D eigenvalue weighted by atomic mass is 9.85. The summed E-state index contributed by atoms with van der Waals surface area (Å²) in [5.41, 5.74) is 0.700. The van der Waals surface area contributed by atoms with Crippen LogP contribution in [0.25, 0.3) is 11.0 Å². The van der Waals surface area contributed by atoms with Crippen molar-refractivity contribution in [2.45, 2.75) is 24.9 Å². The maximum atomic E-state index is 10.6. The molecule has 8 heteroatoms. The lowest BCUT2D eigenvalue weighted by Crippen LogP contribution is -2.53. The van der Waals surface area contributed by atoms with E-state index in [1.54, 1.807) is 6.20 Å². The number of carbonyl (C=O) groups is 1. The minimum Gasteiger partial charge on any atom is -0.465 e. The Labute approximate surface area is 120 Å². The van der Waals surface area contributed by atoms with Crippen molar-refractivity contribution in [1.82, 2.24) is 20.3 Å². The Kier molecular flexibility index (Phi) is 3.13. The first-order chi connectivity index (χ1) is 9.54. The average molecular weight is 296 g/mol. The molecule has 0 aliphatic heterocycles. The van der Waals surface area contributed by atoms with Crippen LogP contribution in [0, 0.1) is 0 Å². The van der Waals surface area contributed by atoms with Crippen LogP contribution in [0.4, 0.5) is 10.6 Å². The van der Waals surface area contributed by atoms with Gasteiger partial charge >= 0.3 is 6.09 Å². The van der Waals surface area contributed by atoms with Gasteiger partial charge < -0.3 is 20.3 Å². The number of rotatable bonds is 3. The van der Waals surface area contributed by atoms with Gasteiger partial charge in [0.15, 0.2) is 0 Å². The van der Waals surface area contributed by atoms with E-state index in [0.717, 1.165) is 24.0 Å². The van der Waals surface area contributed by atoms with Gasteiger partial charge in [0.25, 0.3) is 0 Å². The molecule has 20 heavy (non-hydrogen) atoms. The summed E-state index contributed by atoms with van der Waals surface area (Å²) in [4.78, 5) is 24.0. The highest BCUT2D eigenvalue weighted by molar-refractivity contribution is 6.28. The fraction of sp³-hybridized carbons (Fsp3) is 0.417. The summed E-state index contributed by atoms with van der Waals surface area (Å²) >= 11 is 5.93. The summed E-state index contributed by atoms with van der Waals surface area (Å²) in [7, 11) is 1.94. The fourth-order valence-electron chi connectivity index (χ4n) is 2.54. The molecule has 7 nitrogen and oxygen atoms in total. The summed E-state index contributed by atoms with van der Waals surface area (Å²) in [6.45, 7) is 0. The maximum Gasteiger partial charge on any atom is 0.404 e. The zero-order valence-electron chi connectivity index (χ0n) is 10.8. The van der Waals surface area contributed by atoms with Gasteiger partial charge in [-0.25, -0.2) is 4.79 Å². The first kappa shape index (κ1) is 13.0. The second-order valence-corrected chi connectivity index (χ2v) is 5.28. The normalized spacial score (nSPS) is 21.5. The van der Waals surface area contributed by atoms with Crippen molar-refractivity contribution < 1.29 is 9.90 Å². The fourth-order valence-corrected chi connectivity index (χ4v) is 2.70. The molecule has 0 unspecified atom stereocenters. The molecule has 3 N–H and O–H groups in total. The van der Waals surface area contributed by atoms with E-state index in [-0.39, 0.29) is 17.4 Å². The highest BCUT2D eigenvalue weighted by Crippen LogP contribution is 2.32. The molecule has 1 aliphatic rings. The number of fused-ring (bicyclic) bond motifs is 1. The predicted molar refractivity (Wildman–Crippen MR) is 75.3 cm³/mol. The van der Waals surface area contributed by atoms with Crippen LogP contribution in [0.1, 0.15) is 12.8 Å². The molecule has 0 spiro atoms. The number of nitrogens with zero attached hydrogens (tertiary/aromatic N) is 3. The third-order valence-electron chi connectivity index (χ3n) is 3.69. The van der Waals surface area contributed by atoms with Gasteiger partial charge in [-0.15, -0.1) is 0 Å². The van der Waals surface area contributed by atoms with Crippen LogP contribution >= 0.6 is 11.6 Å². The standard InChI is InChI=1S/C12H14ClN5O2/c1-18(7-4-6(5-7)15-12(19)20)10-8-2-3-14-9(8)16-11(13)17-10/h2-3,6-7,15H,4-5H2,1H3,(H,19,20)(H,14,16,17). The van der Waals surface area contributed by atoms with Crippen molar-refractivity contribution in [3.63, 3.8) is 0 Å². The number of H-pyrrole nitrogens is 1. The smallest absolute Gasteiger partial charge is 0.404 e. The molecule has 1 amide bonds. The second kappa shape index (κ2) is 4.82. The third kappa shape index (κ3) is 2.24. The van der Waals surface area contributed by atoms with E-state index in [9.17, 15) is 4.79 Å². The Morgan fingerprint density at radius 2 is 2.30 bits per heavy atom. The molecule has 0 radical (unpaired) electrons. The first-order valence-electron chi connectivity index (χ1n) is 6.27. The number of hydrogen-bond acceptors (Lipinski definition) is 4. The highest BCUT2D eigenvalue weighted by atomic mass is 35.5. The number of halogens is 1. The summed E-state index contributed by atoms with van der Waals surface area (Å²) in [5.74, 6) is 0.764. The largest absolute Gasteiger partial charge is 0.465 e. The van der Waals surface area contributed by atoms with Gasteiger partial charge in [0, 0.05) is 25.3 Å². The minimum atomic E-state index is -0.978. The minimum absolute atomic E-state index is 0.0129. The number of nitrogens with one attached hydrogen (secondary N) is 2. The molecule has 3 rings (SSSR count). The summed E-state index contributed by atoms with van der Waals surface area (Å²) in [5, 5.41) is 12.3. The van der Waals surface area contributed by atoms with Gasteiger partial charge in [-0.2, -0.15) is 9.97 Å². The van der Waals surface area contributed by atoms with Gasteiger partial charge in [0.05, 0.1) is 5.39 Å².